The van der Waals surface area contributed by atoms with Crippen LogP contribution in [0.2, 0.25) is 0 Å². The molecule has 92 valence electrons. The Labute approximate surface area is 104 Å². The lowest BCUT2D eigenvalue weighted by atomic mass is 10.2. The Kier molecular flexibility index (Phi) is 3.43. The summed E-state index contributed by atoms with van der Waals surface area (Å²) in [6.45, 7) is 1.82. The van der Waals surface area contributed by atoms with Crippen LogP contribution < -0.4 is 5.43 Å². The Morgan fingerprint density at radius 1 is 1.28 bits per heavy atom. The minimum Gasteiger partial charge on any atom is -0.478 e. The molecule has 1 aromatic carbocycles. The Morgan fingerprint density at radius 3 is 2.56 bits per heavy atom. The zero-order chi connectivity index (χ0) is 13.0. The maximum Gasteiger partial charge on any atom is 0.335 e. The zero-order valence-corrected chi connectivity index (χ0v) is 9.75. The SMILES string of the molecule is C/C(=N/Nc1ccc(C(=O)O)cc1)c1ccco1. The number of benzene rings is 1. The van der Waals surface area contributed by atoms with Crippen LogP contribution in [0.5, 0.6) is 0 Å². The molecule has 0 saturated carbocycles. The first kappa shape index (κ1) is 11.9. The first-order valence-corrected chi connectivity index (χ1v) is 5.34. The van der Waals surface area contributed by atoms with Gasteiger partial charge in [0, 0.05) is 0 Å². The molecular weight excluding hydrogens is 232 g/mol. The van der Waals surface area contributed by atoms with Gasteiger partial charge in [-0.25, -0.2) is 4.79 Å². The summed E-state index contributed by atoms with van der Waals surface area (Å²) in [5.74, 6) is -0.263. The lowest BCUT2D eigenvalue weighted by molar-refractivity contribution is 0.0697. The number of nitrogens with zero attached hydrogens (tertiary/aromatic N) is 1. The predicted octanol–water partition coefficient (Wildman–Crippen LogP) is 2.81. The highest BCUT2D eigenvalue weighted by Crippen LogP contribution is 2.10. The molecule has 0 fully saturated rings. The molecule has 2 aromatic rings. The lowest BCUT2D eigenvalue weighted by Crippen LogP contribution is -1.99. The van der Waals surface area contributed by atoms with Gasteiger partial charge in [0.2, 0.25) is 0 Å². The van der Waals surface area contributed by atoms with Crippen LogP contribution in [0.3, 0.4) is 0 Å². The van der Waals surface area contributed by atoms with Crippen LogP contribution in [0.15, 0.2) is 52.2 Å². The van der Waals surface area contributed by atoms with Crippen molar-refractivity contribution in [1.82, 2.24) is 0 Å². The van der Waals surface area contributed by atoms with Crippen molar-refractivity contribution in [2.75, 3.05) is 5.43 Å². The van der Waals surface area contributed by atoms with E-state index in [-0.39, 0.29) is 5.56 Å². The molecular formula is C13H12N2O3. The number of carboxylic acid groups (broad SMARTS) is 1. The van der Waals surface area contributed by atoms with E-state index >= 15 is 0 Å². The van der Waals surface area contributed by atoms with Gasteiger partial charge >= 0.3 is 5.97 Å². The molecule has 2 rings (SSSR count). The first-order valence-electron chi connectivity index (χ1n) is 5.34. The van der Waals surface area contributed by atoms with Crippen molar-refractivity contribution in [3.63, 3.8) is 0 Å². The van der Waals surface area contributed by atoms with Gasteiger partial charge < -0.3 is 9.52 Å². The van der Waals surface area contributed by atoms with Gasteiger partial charge in [0.1, 0.15) is 11.5 Å². The van der Waals surface area contributed by atoms with Crippen LogP contribution in [0.25, 0.3) is 0 Å². The summed E-state index contributed by atoms with van der Waals surface area (Å²) >= 11 is 0. The number of anilines is 1. The Bertz CT molecular complexity index is 556. The summed E-state index contributed by atoms with van der Waals surface area (Å²) in [7, 11) is 0. The van der Waals surface area contributed by atoms with E-state index in [1.807, 2.05) is 13.0 Å². The monoisotopic (exact) mass is 244 g/mol. The van der Waals surface area contributed by atoms with E-state index in [9.17, 15) is 4.79 Å². The molecule has 0 aliphatic heterocycles. The molecule has 0 amide bonds. The highest BCUT2D eigenvalue weighted by molar-refractivity contribution is 5.96. The van der Waals surface area contributed by atoms with Gasteiger partial charge in [0.05, 0.1) is 17.5 Å². The van der Waals surface area contributed by atoms with Crippen molar-refractivity contribution in [2.45, 2.75) is 6.92 Å². The highest BCUT2D eigenvalue weighted by atomic mass is 16.4. The van der Waals surface area contributed by atoms with Crippen molar-refractivity contribution < 1.29 is 14.3 Å². The van der Waals surface area contributed by atoms with E-state index in [1.165, 1.54) is 12.1 Å². The average molecular weight is 244 g/mol. The quantitative estimate of drug-likeness (QED) is 0.640. The third-order valence-electron chi connectivity index (χ3n) is 2.36. The van der Waals surface area contributed by atoms with Crippen LogP contribution >= 0.6 is 0 Å². The summed E-state index contributed by atoms with van der Waals surface area (Å²) in [5, 5.41) is 12.9. The molecule has 5 nitrogen and oxygen atoms in total. The van der Waals surface area contributed by atoms with Gasteiger partial charge in [-0.15, -0.1) is 0 Å². The second-order valence-electron chi connectivity index (χ2n) is 3.67. The summed E-state index contributed by atoms with van der Waals surface area (Å²) in [5.41, 5.74) is 4.50. The van der Waals surface area contributed by atoms with Crippen molar-refractivity contribution in [3.8, 4) is 0 Å². The molecule has 18 heavy (non-hydrogen) atoms. The number of carboxylic acids is 1. The van der Waals surface area contributed by atoms with E-state index in [0.29, 0.717) is 17.2 Å². The summed E-state index contributed by atoms with van der Waals surface area (Å²) < 4.78 is 5.19. The molecule has 0 bridgehead atoms. The fraction of sp³-hybridized carbons (Fsp3) is 0.0769. The molecule has 0 unspecified atom stereocenters. The molecule has 5 heteroatoms. The minimum absolute atomic E-state index is 0.243. The molecule has 0 spiro atoms. The van der Waals surface area contributed by atoms with Crippen molar-refractivity contribution in [1.29, 1.82) is 0 Å². The number of carbonyl (C=O) groups is 1. The maximum atomic E-state index is 10.7. The number of hydrazone groups is 1. The van der Waals surface area contributed by atoms with E-state index in [2.05, 4.69) is 10.5 Å². The normalized spacial score (nSPS) is 11.3. The summed E-state index contributed by atoms with van der Waals surface area (Å²) in [6.07, 6.45) is 1.58. The molecule has 0 aliphatic carbocycles. The summed E-state index contributed by atoms with van der Waals surface area (Å²) in [4.78, 5) is 10.7. The molecule has 2 N–H and O–H groups in total. The molecule has 0 radical (unpaired) electrons. The van der Waals surface area contributed by atoms with Crippen LogP contribution in [0.4, 0.5) is 5.69 Å². The number of hydrogen-bond donors (Lipinski definition) is 2. The molecule has 1 heterocycles. The van der Waals surface area contributed by atoms with Crippen molar-refractivity contribution in [3.05, 3.63) is 54.0 Å². The van der Waals surface area contributed by atoms with E-state index < -0.39 is 5.97 Å². The lowest BCUT2D eigenvalue weighted by Gasteiger charge is -2.02. The van der Waals surface area contributed by atoms with Crippen molar-refractivity contribution in [2.24, 2.45) is 5.10 Å². The molecule has 0 atom stereocenters. The fourth-order valence-electron chi connectivity index (χ4n) is 1.38. The Hall–Kier alpha value is -2.56. The van der Waals surface area contributed by atoms with Gasteiger partial charge in [-0.05, 0) is 43.3 Å². The summed E-state index contributed by atoms with van der Waals surface area (Å²) in [6, 6.07) is 9.94. The van der Waals surface area contributed by atoms with Crippen LogP contribution in [-0.2, 0) is 0 Å². The average Bonchev–Trinajstić information content (AvgIpc) is 2.90. The number of hydrogen-bond acceptors (Lipinski definition) is 4. The largest absolute Gasteiger partial charge is 0.478 e. The van der Waals surface area contributed by atoms with Gasteiger partial charge in [-0.2, -0.15) is 5.10 Å². The van der Waals surface area contributed by atoms with Gasteiger partial charge in [-0.3, -0.25) is 5.43 Å². The highest BCUT2D eigenvalue weighted by Gasteiger charge is 2.02. The maximum absolute atomic E-state index is 10.7. The van der Waals surface area contributed by atoms with E-state index in [0.717, 1.165) is 0 Å². The Balaban J connectivity index is 2.06. The van der Waals surface area contributed by atoms with Gasteiger partial charge in [-0.1, -0.05) is 0 Å². The van der Waals surface area contributed by atoms with E-state index in [1.54, 1.807) is 24.5 Å². The molecule has 1 aromatic heterocycles. The third-order valence-corrected chi connectivity index (χ3v) is 2.36. The number of nitrogens with one attached hydrogen (secondary N) is 1. The first-order chi connectivity index (χ1) is 8.66. The predicted molar refractivity (Wildman–Crippen MR) is 67.9 cm³/mol. The smallest absolute Gasteiger partial charge is 0.335 e. The third kappa shape index (κ3) is 2.76. The van der Waals surface area contributed by atoms with Crippen LogP contribution in [0, 0.1) is 0 Å². The van der Waals surface area contributed by atoms with Crippen LogP contribution in [0.1, 0.15) is 23.0 Å². The van der Waals surface area contributed by atoms with E-state index in [4.69, 9.17) is 9.52 Å². The van der Waals surface area contributed by atoms with Crippen molar-refractivity contribution >= 4 is 17.4 Å². The second-order valence-corrected chi connectivity index (χ2v) is 3.67. The number of aromatic carboxylic acids is 1. The number of rotatable bonds is 4. The van der Waals surface area contributed by atoms with Crippen LogP contribution in [-0.4, -0.2) is 16.8 Å². The Morgan fingerprint density at radius 2 is 2.00 bits per heavy atom. The zero-order valence-electron chi connectivity index (χ0n) is 9.75. The fourth-order valence-corrected chi connectivity index (χ4v) is 1.38. The number of furan rings is 1. The van der Waals surface area contributed by atoms with Gasteiger partial charge in [0.25, 0.3) is 0 Å². The molecule has 0 saturated heterocycles. The minimum atomic E-state index is -0.947. The topological polar surface area (TPSA) is 74.8 Å². The van der Waals surface area contributed by atoms with Gasteiger partial charge in [0.15, 0.2) is 0 Å². The standard InChI is InChI=1S/C13H12N2O3/c1-9(12-3-2-8-18-12)14-15-11-6-4-10(5-7-11)13(16)17/h2-8,15H,1H3,(H,16,17)/b14-9-. The second kappa shape index (κ2) is 5.18. The molecule has 0 aliphatic rings.